The van der Waals surface area contributed by atoms with Gasteiger partial charge in [-0.1, -0.05) is 12.1 Å². The second kappa shape index (κ2) is 6.36. The minimum Gasteiger partial charge on any atom is -0.336 e. The highest BCUT2D eigenvalue weighted by Gasteiger charge is 2.32. The van der Waals surface area contributed by atoms with Crippen molar-refractivity contribution in [3.8, 4) is 0 Å². The fraction of sp³-hybridized carbons (Fsp3) is 0.444. The molecule has 6 heteroatoms. The summed E-state index contributed by atoms with van der Waals surface area (Å²) in [6, 6.07) is 6.71. The number of carbonyl (C=O) groups excluding carboxylic acids is 1. The maximum atomic E-state index is 13.3. The number of benzene rings is 1. The van der Waals surface area contributed by atoms with E-state index in [1.165, 1.54) is 6.07 Å². The van der Waals surface area contributed by atoms with Gasteiger partial charge in [-0.15, -0.1) is 0 Å². The van der Waals surface area contributed by atoms with Crippen molar-refractivity contribution in [1.29, 1.82) is 0 Å². The van der Waals surface area contributed by atoms with E-state index < -0.39 is 0 Å². The summed E-state index contributed by atoms with van der Waals surface area (Å²) in [5.74, 6) is 0.366. The van der Waals surface area contributed by atoms with Gasteiger partial charge in [0.1, 0.15) is 5.82 Å². The monoisotopic (exact) mass is 328 g/mol. The van der Waals surface area contributed by atoms with Crippen molar-refractivity contribution in [2.75, 3.05) is 26.2 Å². The van der Waals surface area contributed by atoms with Gasteiger partial charge in [-0.2, -0.15) is 5.10 Å². The summed E-state index contributed by atoms with van der Waals surface area (Å²) < 4.78 is 13.3. The van der Waals surface area contributed by atoms with E-state index in [2.05, 4.69) is 15.1 Å². The molecule has 1 N–H and O–H groups in total. The van der Waals surface area contributed by atoms with Crippen LogP contribution in [-0.2, 0) is 6.54 Å². The minimum absolute atomic E-state index is 0.0797. The zero-order valence-electron chi connectivity index (χ0n) is 13.5. The average molecular weight is 328 g/mol. The summed E-state index contributed by atoms with van der Waals surface area (Å²) in [5, 5.41) is 7.05. The zero-order valence-corrected chi connectivity index (χ0v) is 13.5. The first-order valence-electron chi connectivity index (χ1n) is 8.50. The lowest BCUT2D eigenvalue weighted by atomic mass is 10.1. The Bertz CT molecular complexity index is 732. The van der Waals surface area contributed by atoms with Gasteiger partial charge in [-0.25, -0.2) is 4.39 Å². The van der Waals surface area contributed by atoms with Gasteiger partial charge in [0.25, 0.3) is 5.91 Å². The van der Waals surface area contributed by atoms with Gasteiger partial charge in [0.2, 0.25) is 0 Å². The molecule has 0 atom stereocenters. The van der Waals surface area contributed by atoms with Crippen LogP contribution in [0.15, 0.2) is 30.5 Å². The van der Waals surface area contributed by atoms with Gasteiger partial charge >= 0.3 is 0 Å². The highest BCUT2D eigenvalue weighted by Crippen LogP contribution is 2.40. The first-order valence-corrected chi connectivity index (χ1v) is 8.50. The number of hydrogen-bond acceptors (Lipinski definition) is 3. The molecule has 5 nitrogen and oxygen atoms in total. The van der Waals surface area contributed by atoms with E-state index in [9.17, 15) is 9.18 Å². The Kier molecular flexibility index (Phi) is 4.06. The molecule has 0 bridgehead atoms. The predicted octanol–water partition coefficient (Wildman–Crippen LogP) is 2.38. The number of nitrogens with one attached hydrogen (secondary N) is 1. The Hall–Kier alpha value is -2.21. The van der Waals surface area contributed by atoms with E-state index in [0.717, 1.165) is 49.3 Å². The highest BCUT2D eigenvalue weighted by atomic mass is 19.1. The van der Waals surface area contributed by atoms with Crippen molar-refractivity contribution in [2.24, 2.45) is 0 Å². The maximum Gasteiger partial charge on any atom is 0.257 e. The highest BCUT2D eigenvalue weighted by molar-refractivity contribution is 5.95. The molecular formula is C18H21FN4O. The number of hydrogen-bond donors (Lipinski definition) is 1. The van der Waals surface area contributed by atoms with Gasteiger partial charge in [0, 0.05) is 38.6 Å². The third-order valence-electron chi connectivity index (χ3n) is 4.84. The smallest absolute Gasteiger partial charge is 0.257 e. The summed E-state index contributed by atoms with van der Waals surface area (Å²) in [4.78, 5) is 16.9. The van der Waals surface area contributed by atoms with Crippen LogP contribution >= 0.6 is 0 Å². The van der Waals surface area contributed by atoms with Crippen LogP contribution in [-0.4, -0.2) is 52.1 Å². The molecule has 1 aromatic heterocycles. The second-order valence-corrected chi connectivity index (χ2v) is 6.67. The van der Waals surface area contributed by atoms with Gasteiger partial charge < -0.3 is 4.90 Å². The summed E-state index contributed by atoms with van der Waals surface area (Å²) in [7, 11) is 0. The molecule has 1 aromatic carbocycles. The molecule has 0 radical (unpaired) electrons. The van der Waals surface area contributed by atoms with Gasteiger partial charge in [0.15, 0.2) is 0 Å². The van der Waals surface area contributed by atoms with Crippen LogP contribution in [0.25, 0.3) is 0 Å². The van der Waals surface area contributed by atoms with Gasteiger partial charge in [-0.05, 0) is 30.5 Å². The molecule has 2 fully saturated rings. The molecule has 2 aromatic rings. The van der Waals surface area contributed by atoms with E-state index in [0.29, 0.717) is 19.0 Å². The van der Waals surface area contributed by atoms with Crippen molar-refractivity contribution < 1.29 is 9.18 Å². The number of halogens is 1. The van der Waals surface area contributed by atoms with Crippen LogP contribution in [0.4, 0.5) is 4.39 Å². The van der Waals surface area contributed by atoms with Crippen molar-refractivity contribution in [3.05, 3.63) is 53.1 Å². The number of rotatable bonds is 4. The lowest BCUT2D eigenvalue weighted by Gasteiger charge is -2.34. The van der Waals surface area contributed by atoms with E-state index in [1.807, 2.05) is 11.0 Å². The van der Waals surface area contributed by atoms with Crippen molar-refractivity contribution in [1.82, 2.24) is 20.0 Å². The molecule has 0 spiro atoms. The summed E-state index contributed by atoms with van der Waals surface area (Å²) in [6.07, 6.45) is 3.95. The first-order chi connectivity index (χ1) is 11.7. The molecule has 126 valence electrons. The van der Waals surface area contributed by atoms with Crippen LogP contribution < -0.4 is 0 Å². The molecule has 1 aliphatic heterocycles. The van der Waals surface area contributed by atoms with Gasteiger partial charge in [-0.3, -0.25) is 14.8 Å². The lowest BCUT2D eigenvalue weighted by molar-refractivity contribution is 0.0627. The summed E-state index contributed by atoms with van der Waals surface area (Å²) >= 11 is 0. The normalized spacial score (nSPS) is 18.8. The quantitative estimate of drug-likeness (QED) is 0.937. The third-order valence-corrected chi connectivity index (χ3v) is 4.84. The maximum absolute atomic E-state index is 13.3. The Morgan fingerprint density at radius 2 is 2.04 bits per heavy atom. The molecule has 2 aliphatic rings. The second-order valence-electron chi connectivity index (χ2n) is 6.67. The van der Waals surface area contributed by atoms with Crippen LogP contribution in [0.5, 0.6) is 0 Å². The van der Waals surface area contributed by atoms with Crippen LogP contribution in [0.3, 0.4) is 0 Å². The molecule has 1 amide bonds. The molecule has 4 rings (SSSR count). The van der Waals surface area contributed by atoms with Crippen molar-refractivity contribution in [3.63, 3.8) is 0 Å². The van der Waals surface area contributed by atoms with Crippen LogP contribution in [0.2, 0.25) is 0 Å². The standard InChI is InChI=1S/C18H21FN4O/c19-15-3-1-2-13(10-15)12-22-6-8-23(9-7-22)18(24)16-11-20-21-17(16)14-4-5-14/h1-3,10-11,14H,4-9,12H2,(H,20,21). The number of H-pyrrole nitrogens is 1. The fourth-order valence-corrected chi connectivity index (χ4v) is 3.32. The van der Waals surface area contributed by atoms with Gasteiger partial charge in [0.05, 0.1) is 17.5 Å². The predicted molar refractivity (Wildman–Crippen MR) is 88.1 cm³/mol. The molecule has 24 heavy (non-hydrogen) atoms. The zero-order chi connectivity index (χ0) is 16.5. The van der Waals surface area contributed by atoms with Crippen molar-refractivity contribution >= 4 is 5.91 Å². The van der Waals surface area contributed by atoms with Crippen LogP contribution in [0, 0.1) is 5.82 Å². The summed E-state index contributed by atoms with van der Waals surface area (Å²) in [6.45, 7) is 3.73. The van der Waals surface area contributed by atoms with Crippen molar-refractivity contribution in [2.45, 2.75) is 25.3 Å². The Morgan fingerprint density at radius 1 is 1.25 bits per heavy atom. The molecular weight excluding hydrogens is 307 g/mol. The van der Waals surface area contributed by atoms with E-state index in [4.69, 9.17) is 0 Å². The Balaban J connectivity index is 1.35. The average Bonchev–Trinajstić information content (AvgIpc) is 3.32. The Morgan fingerprint density at radius 3 is 2.75 bits per heavy atom. The molecule has 1 saturated heterocycles. The number of nitrogens with zero attached hydrogens (tertiary/aromatic N) is 3. The third kappa shape index (κ3) is 3.19. The largest absolute Gasteiger partial charge is 0.336 e. The lowest BCUT2D eigenvalue weighted by Crippen LogP contribution is -2.48. The number of piperazine rings is 1. The minimum atomic E-state index is -0.200. The number of aromatic amines is 1. The van der Waals surface area contributed by atoms with E-state index in [-0.39, 0.29) is 11.7 Å². The molecule has 1 saturated carbocycles. The van der Waals surface area contributed by atoms with Crippen LogP contribution in [0.1, 0.15) is 40.4 Å². The first kappa shape index (κ1) is 15.3. The fourth-order valence-electron chi connectivity index (χ4n) is 3.32. The number of aromatic nitrogens is 2. The van der Waals surface area contributed by atoms with E-state index >= 15 is 0 Å². The number of amides is 1. The molecule has 2 heterocycles. The topological polar surface area (TPSA) is 52.2 Å². The Labute approximate surface area is 140 Å². The SMILES string of the molecule is O=C(c1cn[nH]c1C1CC1)N1CCN(Cc2cccc(F)c2)CC1. The van der Waals surface area contributed by atoms with E-state index in [1.54, 1.807) is 18.3 Å². The molecule has 1 aliphatic carbocycles. The molecule has 0 unspecified atom stereocenters. The summed E-state index contributed by atoms with van der Waals surface area (Å²) in [5.41, 5.74) is 2.71. The number of carbonyl (C=O) groups is 1.